The molecule has 0 saturated carbocycles. The van der Waals surface area contributed by atoms with E-state index >= 15 is 0 Å². The summed E-state index contributed by atoms with van der Waals surface area (Å²) in [5, 5.41) is 0. The van der Waals surface area contributed by atoms with Crippen LogP contribution < -0.4 is 0 Å². The van der Waals surface area contributed by atoms with Gasteiger partial charge in [-0.25, -0.2) is 4.39 Å². The van der Waals surface area contributed by atoms with Gasteiger partial charge in [0.2, 0.25) is 5.91 Å². The Morgan fingerprint density at radius 1 is 1.35 bits per heavy atom. The molecule has 5 heteroatoms. The number of nitrogens with zero attached hydrogens (tertiary/aromatic N) is 1. The molecule has 106 valence electrons. The summed E-state index contributed by atoms with van der Waals surface area (Å²) in [4.78, 5) is 24.9. The van der Waals surface area contributed by atoms with Crippen LogP contribution in [0.15, 0.2) is 30.3 Å². The van der Waals surface area contributed by atoms with Gasteiger partial charge in [0.15, 0.2) is 0 Å². The first-order valence-electron chi connectivity index (χ1n) is 6.40. The summed E-state index contributed by atoms with van der Waals surface area (Å²) >= 11 is 0. The van der Waals surface area contributed by atoms with Gasteiger partial charge in [0.1, 0.15) is 5.82 Å². The lowest BCUT2D eigenvalue weighted by Crippen LogP contribution is -2.28. The van der Waals surface area contributed by atoms with Crippen LogP contribution in [0.4, 0.5) is 4.39 Å². The van der Waals surface area contributed by atoms with Crippen LogP contribution in [0.5, 0.6) is 0 Å². The standard InChI is InChI=1S/C15H16FNO3/c1-20-15(19)12-8-9-17(10-12)14(18)7-4-11-2-5-13(16)6-3-11/h2-7,12H,8-10H2,1H3/b7-4+. The van der Waals surface area contributed by atoms with Gasteiger partial charge in [0.25, 0.3) is 0 Å². The number of esters is 1. The smallest absolute Gasteiger partial charge is 0.310 e. The molecular weight excluding hydrogens is 261 g/mol. The van der Waals surface area contributed by atoms with E-state index in [9.17, 15) is 14.0 Å². The van der Waals surface area contributed by atoms with Crippen molar-refractivity contribution in [3.63, 3.8) is 0 Å². The van der Waals surface area contributed by atoms with Gasteiger partial charge in [0, 0.05) is 19.2 Å². The SMILES string of the molecule is COC(=O)C1CCN(C(=O)/C=C/c2ccc(F)cc2)C1. The molecule has 2 rings (SSSR count). The quantitative estimate of drug-likeness (QED) is 0.626. The van der Waals surface area contributed by atoms with Crippen molar-refractivity contribution in [1.29, 1.82) is 0 Å². The summed E-state index contributed by atoms with van der Waals surface area (Å²) in [6.45, 7) is 0.936. The van der Waals surface area contributed by atoms with Crippen LogP contribution in [-0.4, -0.2) is 37.0 Å². The zero-order valence-electron chi connectivity index (χ0n) is 11.2. The van der Waals surface area contributed by atoms with E-state index in [0.717, 1.165) is 5.56 Å². The molecule has 0 radical (unpaired) electrons. The van der Waals surface area contributed by atoms with Crippen molar-refractivity contribution < 1.29 is 18.7 Å². The first kappa shape index (κ1) is 14.2. The maximum absolute atomic E-state index is 12.7. The molecule has 1 atom stereocenters. The second-order valence-electron chi connectivity index (χ2n) is 4.68. The van der Waals surface area contributed by atoms with Crippen molar-refractivity contribution in [3.05, 3.63) is 41.7 Å². The van der Waals surface area contributed by atoms with Crippen LogP contribution in [0.1, 0.15) is 12.0 Å². The molecule has 1 amide bonds. The number of carbonyl (C=O) groups is 2. The lowest BCUT2D eigenvalue weighted by molar-refractivity contribution is -0.145. The zero-order chi connectivity index (χ0) is 14.5. The summed E-state index contributed by atoms with van der Waals surface area (Å²) in [6, 6.07) is 5.88. The zero-order valence-corrected chi connectivity index (χ0v) is 11.2. The third kappa shape index (κ3) is 3.44. The molecule has 1 saturated heterocycles. The molecule has 0 spiro atoms. The predicted molar refractivity (Wildman–Crippen MR) is 72.1 cm³/mol. The fourth-order valence-electron chi connectivity index (χ4n) is 2.17. The number of ether oxygens (including phenoxy) is 1. The lowest BCUT2D eigenvalue weighted by Gasteiger charge is -2.13. The number of rotatable bonds is 3. The second-order valence-corrected chi connectivity index (χ2v) is 4.68. The van der Waals surface area contributed by atoms with Gasteiger partial charge in [-0.2, -0.15) is 0 Å². The molecule has 1 unspecified atom stereocenters. The fraction of sp³-hybridized carbons (Fsp3) is 0.333. The second kappa shape index (κ2) is 6.32. The number of hydrogen-bond donors (Lipinski definition) is 0. The van der Waals surface area contributed by atoms with Crippen LogP contribution >= 0.6 is 0 Å². The first-order chi connectivity index (χ1) is 9.60. The Morgan fingerprint density at radius 2 is 2.05 bits per heavy atom. The average molecular weight is 277 g/mol. The maximum Gasteiger partial charge on any atom is 0.310 e. The summed E-state index contributed by atoms with van der Waals surface area (Å²) in [5.41, 5.74) is 0.753. The van der Waals surface area contributed by atoms with Crippen LogP contribution in [0.2, 0.25) is 0 Å². The number of hydrogen-bond acceptors (Lipinski definition) is 3. The predicted octanol–water partition coefficient (Wildman–Crippen LogP) is 1.86. The van der Waals surface area contributed by atoms with Crippen molar-refractivity contribution in [1.82, 2.24) is 4.90 Å². The molecule has 4 nitrogen and oxygen atoms in total. The maximum atomic E-state index is 12.7. The third-order valence-electron chi connectivity index (χ3n) is 3.32. The summed E-state index contributed by atoms with van der Waals surface area (Å²) in [6.07, 6.45) is 3.70. The highest BCUT2D eigenvalue weighted by molar-refractivity contribution is 5.92. The van der Waals surface area contributed by atoms with E-state index in [0.29, 0.717) is 19.5 Å². The molecule has 1 aliphatic rings. The molecule has 1 aromatic carbocycles. The van der Waals surface area contributed by atoms with Crippen LogP contribution in [0, 0.1) is 11.7 Å². The van der Waals surface area contributed by atoms with Crippen molar-refractivity contribution >= 4 is 18.0 Å². The minimum atomic E-state index is -0.311. The van der Waals surface area contributed by atoms with E-state index < -0.39 is 0 Å². The minimum absolute atomic E-state index is 0.152. The Morgan fingerprint density at radius 3 is 2.70 bits per heavy atom. The Balaban J connectivity index is 1.92. The fourth-order valence-corrected chi connectivity index (χ4v) is 2.17. The van der Waals surface area contributed by atoms with Crippen molar-refractivity contribution in [3.8, 4) is 0 Å². The van der Waals surface area contributed by atoms with Gasteiger partial charge >= 0.3 is 5.97 Å². The number of benzene rings is 1. The number of methoxy groups -OCH3 is 1. The summed E-state index contributed by atoms with van der Waals surface area (Å²) in [7, 11) is 1.35. The van der Waals surface area contributed by atoms with Gasteiger partial charge < -0.3 is 9.64 Å². The van der Waals surface area contributed by atoms with Crippen molar-refractivity contribution in [2.75, 3.05) is 20.2 Å². The van der Waals surface area contributed by atoms with Gasteiger partial charge in [-0.05, 0) is 30.2 Å². The van der Waals surface area contributed by atoms with E-state index in [1.165, 1.54) is 25.3 Å². The molecule has 1 aromatic rings. The summed E-state index contributed by atoms with van der Waals surface area (Å²) in [5.74, 6) is -0.972. The average Bonchev–Trinajstić information content (AvgIpc) is 2.95. The molecule has 1 heterocycles. The van der Waals surface area contributed by atoms with Gasteiger partial charge in [0.05, 0.1) is 13.0 Å². The van der Waals surface area contributed by atoms with Crippen LogP contribution in [0.25, 0.3) is 6.08 Å². The molecule has 1 fully saturated rings. The van der Waals surface area contributed by atoms with E-state index in [2.05, 4.69) is 4.74 Å². The molecular formula is C15H16FNO3. The number of amides is 1. The number of likely N-dealkylation sites (tertiary alicyclic amines) is 1. The van der Waals surface area contributed by atoms with E-state index in [1.807, 2.05) is 0 Å². The third-order valence-corrected chi connectivity index (χ3v) is 3.32. The van der Waals surface area contributed by atoms with Crippen molar-refractivity contribution in [2.45, 2.75) is 6.42 Å². The largest absolute Gasteiger partial charge is 0.469 e. The molecule has 0 N–H and O–H groups in total. The topological polar surface area (TPSA) is 46.6 Å². The van der Waals surface area contributed by atoms with Gasteiger partial charge in [-0.3, -0.25) is 9.59 Å². The molecule has 0 aliphatic carbocycles. The molecule has 0 aromatic heterocycles. The van der Waals surface area contributed by atoms with E-state index in [4.69, 9.17) is 0 Å². The molecule has 20 heavy (non-hydrogen) atoms. The number of carbonyl (C=O) groups excluding carboxylic acids is 2. The Kier molecular flexibility index (Phi) is 4.50. The van der Waals surface area contributed by atoms with Gasteiger partial charge in [-0.15, -0.1) is 0 Å². The minimum Gasteiger partial charge on any atom is -0.469 e. The van der Waals surface area contributed by atoms with Gasteiger partial charge in [-0.1, -0.05) is 12.1 Å². The Labute approximate surface area is 116 Å². The highest BCUT2D eigenvalue weighted by Crippen LogP contribution is 2.18. The Hall–Kier alpha value is -2.17. The monoisotopic (exact) mass is 277 g/mol. The Bertz CT molecular complexity index is 524. The first-order valence-corrected chi connectivity index (χ1v) is 6.40. The summed E-state index contributed by atoms with van der Waals surface area (Å²) < 4.78 is 17.4. The van der Waals surface area contributed by atoms with Crippen molar-refractivity contribution in [2.24, 2.45) is 5.92 Å². The highest BCUT2D eigenvalue weighted by Gasteiger charge is 2.30. The number of halogens is 1. The van der Waals surface area contributed by atoms with Crippen LogP contribution in [-0.2, 0) is 14.3 Å². The van der Waals surface area contributed by atoms with Crippen LogP contribution in [0.3, 0.4) is 0 Å². The molecule has 0 bridgehead atoms. The molecule has 1 aliphatic heterocycles. The van der Waals surface area contributed by atoms with E-state index in [1.54, 1.807) is 23.1 Å². The highest BCUT2D eigenvalue weighted by atomic mass is 19.1. The normalized spacial score (nSPS) is 18.5. The lowest BCUT2D eigenvalue weighted by atomic mass is 10.1. The van der Waals surface area contributed by atoms with E-state index in [-0.39, 0.29) is 23.6 Å².